The van der Waals surface area contributed by atoms with Crippen molar-refractivity contribution in [2.75, 3.05) is 19.8 Å². The number of carbonyl (C=O) groups excluding carboxylic acids is 2. The van der Waals surface area contributed by atoms with E-state index in [2.05, 4.69) is 30.5 Å². The zero-order chi connectivity index (χ0) is 32.2. The molecule has 0 amide bonds. The molecule has 0 saturated carbocycles. The Morgan fingerprint density at radius 2 is 1.19 bits per heavy atom. The molecule has 3 atom stereocenters. The molecule has 0 aromatic carbocycles. The van der Waals surface area contributed by atoms with Gasteiger partial charge in [-0.15, -0.1) is 0 Å². The first-order chi connectivity index (χ1) is 20.6. The SMILES string of the molecule is CCCC/C=C/CCCCCCCC(=O)O[C@H](COC(=O)CCCCCCCCCC)COP(=O)(O)OC[C@H](N)C(=O)O. The van der Waals surface area contributed by atoms with Crippen LogP contribution in [0.2, 0.25) is 0 Å². The summed E-state index contributed by atoms with van der Waals surface area (Å²) in [4.78, 5) is 45.3. The topological polar surface area (TPSA) is 172 Å². The molecule has 11 nitrogen and oxygen atoms in total. The lowest BCUT2D eigenvalue weighted by Gasteiger charge is -2.20. The molecule has 43 heavy (non-hydrogen) atoms. The minimum Gasteiger partial charge on any atom is -0.480 e. The van der Waals surface area contributed by atoms with Crippen LogP contribution >= 0.6 is 7.82 Å². The van der Waals surface area contributed by atoms with Crippen LogP contribution in [0.15, 0.2) is 12.2 Å². The molecule has 0 bridgehead atoms. The predicted molar refractivity (Wildman–Crippen MR) is 166 cm³/mol. The fourth-order valence-electron chi connectivity index (χ4n) is 4.10. The highest BCUT2D eigenvalue weighted by Gasteiger charge is 2.28. The van der Waals surface area contributed by atoms with Crippen LogP contribution in [0.3, 0.4) is 0 Å². The second-order valence-electron chi connectivity index (χ2n) is 10.9. The van der Waals surface area contributed by atoms with Gasteiger partial charge in [0, 0.05) is 12.8 Å². The molecule has 0 aromatic rings. The van der Waals surface area contributed by atoms with Gasteiger partial charge in [-0.2, -0.15) is 0 Å². The third kappa shape index (κ3) is 27.5. The number of ether oxygens (including phenoxy) is 2. The lowest BCUT2D eigenvalue weighted by Crippen LogP contribution is -2.34. The highest BCUT2D eigenvalue weighted by Crippen LogP contribution is 2.43. The van der Waals surface area contributed by atoms with Gasteiger partial charge in [-0.05, 0) is 32.1 Å². The minimum absolute atomic E-state index is 0.153. The molecule has 0 aliphatic heterocycles. The van der Waals surface area contributed by atoms with Crippen LogP contribution in [0.5, 0.6) is 0 Å². The summed E-state index contributed by atoms with van der Waals surface area (Å²) in [7, 11) is -4.69. The number of rotatable bonds is 30. The molecule has 0 radical (unpaired) electrons. The Hall–Kier alpha value is -1.78. The molecule has 252 valence electrons. The summed E-state index contributed by atoms with van der Waals surface area (Å²) in [6.45, 7) is 2.67. The summed E-state index contributed by atoms with van der Waals surface area (Å²) in [5, 5.41) is 8.81. The molecule has 0 aliphatic rings. The van der Waals surface area contributed by atoms with Crippen LogP contribution in [0.25, 0.3) is 0 Å². The first-order valence-electron chi connectivity index (χ1n) is 16.2. The van der Waals surface area contributed by atoms with E-state index in [0.29, 0.717) is 12.8 Å². The van der Waals surface area contributed by atoms with Crippen LogP contribution in [0, 0.1) is 0 Å². The number of carboxylic acid groups (broad SMARTS) is 1. The molecule has 0 aromatic heterocycles. The van der Waals surface area contributed by atoms with Crippen molar-refractivity contribution in [3.8, 4) is 0 Å². The minimum atomic E-state index is -4.69. The lowest BCUT2D eigenvalue weighted by atomic mass is 10.1. The Labute approximate surface area is 258 Å². The highest BCUT2D eigenvalue weighted by atomic mass is 31.2. The van der Waals surface area contributed by atoms with Gasteiger partial charge in [0.15, 0.2) is 6.10 Å². The first kappa shape index (κ1) is 41.2. The fraction of sp³-hybridized carbons (Fsp3) is 0.839. The summed E-state index contributed by atoms with van der Waals surface area (Å²) >= 11 is 0. The van der Waals surface area contributed by atoms with Gasteiger partial charge in [-0.1, -0.05) is 103 Å². The lowest BCUT2D eigenvalue weighted by molar-refractivity contribution is -0.161. The van der Waals surface area contributed by atoms with Crippen molar-refractivity contribution in [2.45, 2.75) is 148 Å². The third-order valence-electron chi connectivity index (χ3n) is 6.76. The average Bonchev–Trinajstić information content (AvgIpc) is 2.97. The number of esters is 2. The number of hydrogen-bond donors (Lipinski definition) is 3. The van der Waals surface area contributed by atoms with Crippen LogP contribution in [-0.4, -0.2) is 59.9 Å². The maximum absolute atomic E-state index is 12.4. The summed E-state index contributed by atoms with van der Waals surface area (Å²) in [6, 6.07) is -1.52. The number of allylic oxidation sites excluding steroid dienone is 2. The summed E-state index contributed by atoms with van der Waals surface area (Å²) in [5.41, 5.74) is 5.28. The quantitative estimate of drug-likeness (QED) is 0.0321. The van der Waals surface area contributed by atoms with E-state index in [1.165, 1.54) is 38.5 Å². The number of unbranched alkanes of at least 4 members (excludes halogenated alkanes) is 14. The molecular weight excluding hydrogens is 577 g/mol. The maximum Gasteiger partial charge on any atom is 0.472 e. The van der Waals surface area contributed by atoms with Gasteiger partial charge in [0.2, 0.25) is 0 Å². The van der Waals surface area contributed by atoms with Crippen molar-refractivity contribution in [3.05, 3.63) is 12.2 Å². The second kappa shape index (κ2) is 27.7. The van der Waals surface area contributed by atoms with E-state index in [0.717, 1.165) is 57.8 Å². The van der Waals surface area contributed by atoms with Gasteiger partial charge in [0.25, 0.3) is 0 Å². The van der Waals surface area contributed by atoms with E-state index in [4.69, 9.17) is 24.8 Å². The Bertz CT molecular complexity index is 807. The predicted octanol–water partition coefficient (Wildman–Crippen LogP) is 6.99. The van der Waals surface area contributed by atoms with Gasteiger partial charge in [-0.25, -0.2) is 4.57 Å². The normalized spacial score (nSPS) is 14.3. The van der Waals surface area contributed by atoms with Gasteiger partial charge in [0.1, 0.15) is 12.6 Å². The van der Waals surface area contributed by atoms with E-state index in [9.17, 15) is 23.8 Å². The number of phosphoric ester groups is 1. The van der Waals surface area contributed by atoms with E-state index >= 15 is 0 Å². The van der Waals surface area contributed by atoms with Gasteiger partial charge < -0.3 is 25.2 Å². The number of aliphatic carboxylic acids is 1. The molecule has 0 heterocycles. The third-order valence-corrected chi connectivity index (χ3v) is 7.71. The molecule has 0 spiro atoms. The van der Waals surface area contributed by atoms with Crippen molar-refractivity contribution in [1.82, 2.24) is 0 Å². The number of carbonyl (C=O) groups is 3. The Kier molecular flexibility index (Phi) is 26.6. The highest BCUT2D eigenvalue weighted by molar-refractivity contribution is 7.47. The van der Waals surface area contributed by atoms with Gasteiger partial charge >= 0.3 is 25.7 Å². The standard InChI is InChI=1S/C31H58NO10P/c1-3-5-7-9-11-13-14-15-17-19-21-23-30(34)42-27(25-40-43(37,38)41-26-28(32)31(35)36)24-39-29(33)22-20-18-16-12-10-8-6-4-2/h9,11,27-28H,3-8,10,12-26,32H2,1-2H3,(H,35,36)(H,37,38)/b11-9+/t27-,28+/m1/s1. The number of phosphoric acid groups is 1. The van der Waals surface area contributed by atoms with Crippen molar-refractivity contribution in [1.29, 1.82) is 0 Å². The zero-order valence-corrected chi connectivity index (χ0v) is 27.4. The summed E-state index contributed by atoms with van der Waals surface area (Å²) in [6.07, 6.45) is 21.7. The van der Waals surface area contributed by atoms with Crippen LogP contribution in [-0.2, 0) is 37.5 Å². The molecule has 0 rings (SSSR count). The fourth-order valence-corrected chi connectivity index (χ4v) is 4.88. The Morgan fingerprint density at radius 3 is 1.77 bits per heavy atom. The molecule has 0 fully saturated rings. The zero-order valence-electron chi connectivity index (χ0n) is 26.6. The van der Waals surface area contributed by atoms with E-state index in [-0.39, 0.29) is 19.4 Å². The number of carboxylic acids is 1. The van der Waals surface area contributed by atoms with Gasteiger partial charge in [-0.3, -0.25) is 23.4 Å². The molecule has 1 unspecified atom stereocenters. The number of hydrogen-bond acceptors (Lipinski definition) is 9. The Morgan fingerprint density at radius 1 is 0.698 bits per heavy atom. The van der Waals surface area contributed by atoms with Crippen LogP contribution in [0.4, 0.5) is 0 Å². The second-order valence-corrected chi connectivity index (χ2v) is 12.4. The van der Waals surface area contributed by atoms with E-state index < -0.39 is 51.1 Å². The summed E-state index contributed by atoms with van der Waals surface area (Å²) in [5.74, 6) is -2.40. The molecule has 12 heteroatoms. The van der Waals surface area contributed by atoms with E-state index in [1.54, 1.807) is 0 Å². The average molecular weight is 636 g/mol. The smallest absolute Gasteiger partial charge is 0.472 e. The van der Waals surface area contributed by atoms with Crippen LogP contribution in [0.1, 0.15) is 136 Å². The first-order valence-corrected chi connectivity index (χ1v) is 17.7. The number of nitrogens with two attached hydrogens (primary N) is 1. The van der Waals surface area contributed by atoms with Crippen molar-refractivity contribution < 1.29 is 47.5 Å². The Balaban J connectivity index is 4.55. The van der Waals surface area contributed by atoms with Gasteiger partial charge in [0.05, 0.1) is 13.2 Å². The van der Waals surface area contributed by atoms with Crippen molar-refractivity contribution in [2.24, 2.45) is 5.73 Å². The summed E-state index contributed by atoms with van der Waals surface area (Å²) < 4.78 is 32.3. The van der Waals surface area contributed by atoms with Crippen molar-refractivity contribution >= 4 is 25.7 Å². The molecule has 4 N–H and O–H groups in total. The van der Waals surface area contributed by atoms with Crippen LogP contribution < -0.4 is 5.73 Å². The maximum atomic E-state index is 12.4. The van der Waals surface area contributed by atoms with E-state index in [1.807, 2.05) is 0 Å². The largest absolute Gasteiger partial charge is 0.480 e. The molecule has 0 saturated heterocycles. The monoisotopic (exact) mass is 635 g/mol. The molecular formula is C31H58NO10P. The molecule has 0 aliphatic carbocycles. The van der Waals surface area contributed by atoms with Crippen molar-refractivity contribution in [3.63, 3.8) is 0 Å².